The molecule has 0 saturated carbocycles. The molecule has 8 heteroatoms. The Balaban J connectivity index is 2.20. The molecule has 7 nitrogen and oxygen atoms in total. The van der Waals surface area contributed by atoms with Crippen molar-refractivity contribution in [3.8, 4) is 12.3 Å². The maximum atomic E-state index is 14.9. The molecular weight excluding hydrogens is 291 g/mol. The second-order valence-electron chi connectivity index (χ2n) is 5.36. The Labute approximate surface area is 125 Å². The molecule has 3 heterocycles. The molecule has 2 aromatic rings. The molecule has 116 valence electrons. The van der Waals surface area contributed by atoms with E-state index in [1.54, 1.807) is 0 Å². The van der Waals surface area contributed by atoms with Gasteiger partial charge in [0.15, 0.2) is 11.9 Å². The third kappa shape index (κ3) is 1.87. The first kappa shape index (κ1) is 14.7. The fraction of sp³-hybridized carbons (Fsp3) is 0.429. The topological polar surface area (TPSA) is 106 Å². The number of terminal acetylenes is 1. The van der Waals surface area contributed by atoms with Gasteiger partial charge in [-0.25, -0.2) is 14.4 Å². The molecule has 0 spiro atoms. The van der Waals surface area contributed by atoms with Gasteiger partial charge in [0.2, 0.25) is 0 Å². The van der Waals surface area contributed by atoms with Crippen molar-refractivity contribution in [2.75, 3.05) is 12.3 Å². The fourth-order valence-electron chi connectivity index (χ4n) is 2.76. The van der Waals surface area contributed by atoms with Crippen LogP contribution in [0.2, 0.25) is 0 Å². The first-order chi connectivity index (χ1) is 10.4. The van der Waals surface area contributed by atoms with Crippen LogP contribution in [0.1, 0.15) is 18.7 Å². The van der Waals surface area contributed by atoms with Crippen LogP contribution in [0.5, 0.6) is 0 Å². The zero-order chi connectivity index (χ0) is 16.1. The molecule has 1 aliphatic heterocycles. The Bertz CT molecular complexity index is 767. The Morgan fingerprint density at radius 2 is 2.32 bits per heavy atom. The minimum atomic E-state index is -2.13. The molecule has 0 amide bonds. The third-order valence-corrected chi connectivity index (χ3v) is 3.94. The van der Waals surface area contributed by atoms with Crippen LogP contribution in [0.25, 0.3) is 11.0 Å². The monoisotopic (exact) mass is 306 g/mol. The van der Waals surface area contributed by atoms with E-state index in [-0.39, 0.29) is 5.82 Å². The van der Waals surface area contributed by atoms with Gasteiger partial charge in [0.05, 0.1) is 17.6 Å². The highest BCUT2D eigenvalue weighted by Crippen LogP contribution is 2.43. The molecule has 2 aromatic heterocycles. The van der Waals surface area contributed by atoms with Crippen molar-refractivity contribution < 1.29 is 19.3 Å². The number of aliphatic hydroxyl groups excluding tert-OH is 2. The molecule has 1 fully saturated rings. The summed E-state index contributed by atoms with van der Waals surface area (Å²) < 4.78 is 21.7. The van der Waals surface area contributed by atoms with Crippen LogP contribution in [0, 0.1) is 12.3 Å². The lowest BCUT2D eigenvalue weighted by Crippen LogP contribution is -2.40. The average molecular weight is 306 g/mol. The standard InChI is InChI=1S/C14H15FN4O3/c1-3-7-4-19(12-9(7)11(16)17-6-18-12)13-14(2,15)10(21)8(5-20)22-13/h1,4,6,8,10,13,20-21H,5H2,2H3,(H2,16,17,18)/t8-,10-,13+,14-/m1/s1. The molecule has 0 aliphatic carbocycles. The number of nitrogen functional groups attached to an aromatic ring is 1. The Kier molecular flexibility index (Phi) is 3.29. The van der Waals surface area contributed by atoms with Crippen molar-refractivity contribution in [2.45, 2.75) is 31.0 Å². The quantitative estimate of drug-likeness (QED) is 0.673. The van der Waals surface area contributed by atoms with E-state index in [1.807, 2.05) is 0 Å². The number of ether oxygens (including phenoxy) is 1. The molecule has 0 radical (unpaired) electrons. The summed E-state index contributed by atoms with van der Waals surface area (Å²) in [6, 6.07) is 0. The van der Waals surface area contributed by atoms with Crippen LogP contribution in [0.3, 0.4) is 0 Å². The highest BCUT2D eigenvalue weighted by Gasteiger charge is 2.55. The number of nitrogens with two attached hydrogens (primary N) is 1. The van der Waals surface area contributed by atoms with E-state index >= 15 is 0 Å². The van der Waals surface area contributed by atoms with Crippen molar-refractivity contribution in [2.24, 2.45) is 0 Å². The molecular formula is C14H15FN4O3. The van der Waals surface area contributed by atoms with Crippen LogP contribution >= 0.6 is 0 Å². The van der Waals surface area contributed by atoms with Gasteiger partial charge in [0.25, 0.3) is 0 Å². The van der Waals surface area contributed by atoms with Gasteiger partial charge in [0.1, 0.15) is 30.0 Å². The van der Waals surface area contributed by atoms with E-state index in [0.29, 0.717) is 16.6 Å². The number of halogens is 1. The van der Waals surface area contributed by atoms with E-state index in [0.717, 1.165) is 0 Å². The maximum Gasteiger partial charge on any atom is 0.181 e. The van der Waals surface area contributed by atoms with Gasteiger partial charge in [-0.3, -0.25) is 0 Å². The largest absolute Gasteiger partial charge is 0.394 e. The molecule has 0 bridgehead atoms. The number of hydrogen-bond acceptors (Lipinski definition) is 6. The van der Waals surface area contributed by atoms with Crippen molar-refractivity contribution in [3.05, 3.63) is 18.1 Å². The summed E-state index contributed by atoms with van der Waals surface area (Å²) >= 11 is 0. The number of nitrogens with zero attached hydrogens (tertiary/aromatic N) is 3. The second-order valence-corrected chi connectivity index (χ2v) is 5.36. The Morgan fingerprint density at radius 1 is 1.59 bits per heavy atom. The van der Waals surface area contributed by atoms with Crippen molar-refractivity contribution in [1.82, 2.24) is 14.5 Å². The number of alkyl halides is 1. The number of aliphatic hydroxyl groups is 2. The Hall–Kier alpha value is -2.21. The number of hydrogen-bond donors (Lipinski definition) is 3. The molecule has 1 aliphatic rings. The first-order valence-electron chi connectivity index (χ1n) is 6.62. The predicted molar refractivity (Wildman–Crippen MR) is 76.4 cm³/mol. The van der Waals surface area contributed by atoms with Crippen molar-refractivity contribution >= 4 is 16.9 Å². The van der Waals surface area contributed by atoms with Gasteiger partial charge in [0, 0.05) is 6.20 Å². The van der Waals surface area contributed by atoms with E-state index < -0.39 is 30.7 Å². The van der Waals surface area contributed by atoms with Gasteiger partial charge in [-0.05, 0) is 6.92 Å². The number of fused-ring (bicyclic) bond motifs is 1. The summed E-state index contributed by atoms with van der Waals surface area (Å²) in [4.78, 5) is 7.95. The van der Waals surface area contributed by atoms with E-state index in [4.69, 9.17) is 16.9 Å². The SMILES string of the molecule is C#Cc1cn([C@H]2O[C@H](CO)[C@@H](O)[C@@]2(C)F)c2ncnc(N)c12. The minimum Gasteiger partial charge on any atom is -0.394 e. The van der Waals surface area contributed by atoms with E-state index in [9.17, 15) is 14.6 Å². The van der Waals surface area contributed by atoms with Crippen molar-refractivity contribution in [3.63, 3.8) is 0 Å². The van der Waals surface area contributed by atoms with Crippen LogP contribution in [-0.2, 0) is 4.74 Å². The maximum absolute atomic E-state index is 14.9. The van der Waals surface area contributed by atoms with Crippen LogP contribution in [-0.4, -0.2) is 49.2 Å². The molecule has 4 atom stereocenters. The lowest BCUT2D eigenvalue weighted by Gasteiger charge is -2.25. The zero-order valence-electron chi connectivity index (χ0n) is 11.8. The van der Waals surface area contributed by atoms with Gasteiger partial charge >= 0.3 is 0 Å². The number of aromatic nitrogens is 3. The first-order valence-corrected chi connectivity index (χ1v) is 6.62. The predicted octanol–water partition coefficient (Wildman–Crippen LogP) is -0.0264. The van der Waals surface area contributed by atoms with Crippen LogP contribution in [0.4, 0.5) is 10.2 Å². The summed E-state index contributed by atoms with van der Waals surface area (Å²) in [5.41, 5.74) is 4.38. The van der Waals surface area contributed by atoms with Crippen LogP contribution < -0.4 is 5.73 Å². The summed E-state index contributed by atoms with van der Waals surface area (Å²) in [5.74, 6) is 2.62. The minimum absolute atomic E-state index is 0.175. The molecule has 0 unspecified atom stereocenters. The smallest absolute Gasteiger partial charge is 0.181 e. The fourth-order valence-corrected chi connectivity index (χ4v) is 2.76. The average Bonchev–Trinajstić information content (AvgIpc) is 2.97. The van der Waals surface area contributed by atoms with Gasteiger partial charge < -0.3 is 25.3 Å². The Morgan fingerprint density at radius 3 is 2.91 bits per heavy atom. The normalized spacial score (nSPS) is 31.5. The number of anilines is 1. The molecule has 4 N–H and O–H groups in total. The highest BCUT2D eigenvalue weighted by atomic mass is 19.1. The lowest BCUT2D eigenvalue weighted by atomic mass is 9.98. The highest BCUT2D eigenvalue weighted by molar-refractivity contribution is 5.92. The van der Waals surface area contributed by atoms with Gasteiger partial charge in [-0.2, -0.15) is 0 Å². The summed E-state index contributed by atoms with van der Waals surface area (Å²) in [7, 11) is 0. The lowest BCUT2D eigenvalue weighted by molar-refractivity contribution is -0.0564. The molecule has 1 saturated heterocycles. The van der Waals surface area contributed by atoms with Gasteiger partial charge in [-0.15, -0.1) is 6.42 Å². The van der Waals surface area contributed by atoms with E-state index in [2.05, 4.69) is 15.9 Å². The summed E-state index contributed by atoms with van der Waals surface area (Å²) in [6.07, 6.45) is 4.45. The third-order valence-electron chi connectivity index (χ3n) is 3.94. The van der Waals surface area contributed by atoms with E-state index in [1.165, 1.54) is 24.0 Å². The molecule has 0 aromatic carbocycles. The molecule has 3 rings (SSSR count). The summed E-state index contributed by atoms with van der Waals surface area (Å²) in [6.45, 7) is 0.694. The van der Waals surface area contributed by atoms with Crippen LogP contribution in [0.15, 0.2) is 12.5 Å². The number of rotatable bonds is 2. The molecule has 22 heavy (non-hydrogen) atoms. The second kappa shape index (κ2) is 4.91. The zero-order valence-corrected chi connectivity index (χ0v) is 11.8. The van der Waals surface area contributed by atoms with Gasteiger partial charge in [-0.1, -0.05) is 5.92 Å². The summed E-state index contributed by atoms with van der Waals surface area (Å²) in [5, 5.41) is 19.6. The van der Waals surface area contributed by atoms with Crippen molar-refractivity contribution in [1.29, 1.82) is 0 Å².